The third-order valence-electron chi connectivity index (χ3n) is 5.49. The summed E-state index contributed by atoms with van der Waals surface area (Å²) in [5.74, 6) is 1.50. The van der Waals surface area contributed by atoms with Crippen LogP contribution in [0.3, 0.4) is 0 Å². The molecule has 2 heterocycles. The van der Waals surface area contributed by atoms with Crippen molar-refractivity contribution in [3.05, 3.63) is 41.7 Å². The zero-order valence-corrected chi connectivity index (χ0v) is 15.5. The Kier molecular flexibility index (Phi) is 3.45. The van der Waals surface area contributed by atoms with Gasteiger partial charge in [-0.3, -0.25) is 0 Å². The topological polar surface area (TPSA) is 43.3 Å². The molecule has 6 heteroatoms. The highest BCUT2D eigenvalue weighted by atomic mass is 19.1. The second-order valence-electron chi connectivity index (χ2n) is 7.08. The molecule has 0 saturated heterocycles. The summed E-state index contributed by atoms with van der Waals surface area (Å²) >= 11 is 0. The summed E-state index contributed by atoms with van der Waals surface area (Å²) in [5.41, 5.74) is 1.00. The van der Waals surface area contributed by atoms with Gasteiger partial charge in [-0.25, -0.2) is 9.38 Å². The zero-order chi connectivity index (χ0) is 18.7. The number of halogens is 1. The number of fused-ring (bicyclic) bond motifs is 2. The van der Waals surface area contributed by atoms with Gasteiger partial charge in [-0.2, -0.15) is 0 Å². The van der Waals surface area contributed by atoms with Gasteiger partial charge in [0, 0.05) is 24.9 Å². The first-order valence-electron chi connectivity index (χ1n) is 8.38. The van der Waals surface area contributed by atoms with Crippen molar-refractivity contribution in [3.63, 3.8) is 0 Å². The predicted molar refractivity (Wildman–Crippen MR) is 98.9 cm³/mol. The second kappa shape index (κ2) is 5.37. The Balaban J connectivity index is 1.89. The van der Waals surface area contributed by atoms with Crippen LogP contribution in [0.4, 0.5) is 15.8 Å². The van der Waals surface area contributed by atoms with Crippen LogP contribution in [-0.2, 0) is 5.41 Å². The number of hydrogen-bond acceptors (Lipinski definition) is 5. The number of nitrogens with zero attached hydrogens (tertiary/aromatic N) is 2. The van der Waals surface area contributed by atoms with Gasteiger partial charge in [-0.05, 0) is 37.6 Å². The molecule has 1 unspecified atom stereocenters. The van der Waals surface area contributed by atoms with Gasteiger partial charge in [-0.15, -0.1) is 0 Å². The largest absolute Gasteiger partial charge is 0.496 e. The fourth-order valence-electron chi connectivity index (χ4n) is 3.92. The van der Waals surface area contributed by atoms with Crippen molar-refractivity contribution in [2.45, 2.75) is 25.0 Å². The van der Waals surface area contributed by atoms with Crippen molar-refractivity contribution in [1.82, 2.24) is 0 Å². The van der Waals surface area contributed by atoms with E-state index in [4.69, 9.17) is 14.2 Å². The van der Waals surface area contributed by atoms with Gasteiger partial charge >= 0.3 is 0 Å². The van der Waals surface area contributed by atoms with Crippen LogP contribution in [0.25, 0.3) is 0 Å². The normalized spacial score (nSPS) is 22.0. The molecule has 1 atom stereocenters. The molecule has 1 spiro atoms. The van der Waals surface area contributed by atoms with Crippen LogP contribution in [0.2, 0.25) is 0 Å². The number of benzene rings is 2. The number of aliphatic imine (C=N–C) groups is 1. The number of hydrogen-bond donors (Lipinski definition) is 0. The van der Waals surface area contributed by atoms with Crippen molar-refractivity contribution < 1.29 is 18.6 Å². The van der Waals surface area contributed by atoms with E-state index in [0.29, 0.717) is 22.9 Å². The van der Waals surface area contributed by atoms with Crippen LogP contribution in [0, 0.1) is 5.82 Å². The van der Waals surface area contributed by atoms with Crippen LogP contribution in [0.15, 0.2) is 35.3 Å². The first kappa shape index (κ1) is 16.7. The molecule has 0 bridgehead atoms. The third kappa shape index (κ3) is 1.98. The van der Waals surface area contributed by atoms with Crippen molar-refractivity contribution in [2.24, 2.45) is 4.99 Å². The van der Waals surface area contributed by atoms with E-state index in [1.54, 1.807) is 44.7 Å². The SMILES string of the molecule is COc1cc(OC)c2c(c1)OC1(C=N2)N(C)c2ccc(F)cc2C1(C)C. The minimum atomic E-state index is -0.881. The maximum absolute atomic E-state index is 13.9. The minimum absolute atomic E-state index is 0.265. The molecule has 0 amide bonds. The molecule has 0 saturated carbocycles. The van der Waals surface area contributed by atoms with Gasteiger partial charge in [0.05, 0.1) is 25.8 Å². The molecule has 2 aliphatic heterocycles. The van der Waals surface area contributed by atoms with E-state index >= 15 is 0 Å². The van der Waals surface area contributed by atoms with Gasteiger partial charge in [0.25, 0.3) is 0 Å². The van der Waals surface area contributed by atoms with Gasteiger partial charge in [-0.1, -0.05) is 0 Å². The highest BCUT2D eigenvalue weighted by Gasteiger charge is 2.58. The maximum atomic E-state index is 13.9. The summed E-state index contributed by atoms with van der Waals surface area (Å²) in [6, 6.07) is 8.37. The number of likely N-dealkylation sites (N-methyl/N-ethyl adjacent to an activating group) is 1. The Morgan fingerprint density at radius 2 is 1.88 bits per heavy atom. The molecule has 2 aromatic rings. The molecule has 4 rings (SSSR count). The maximum Gasteiger partial charge on any atom is 0.228 e. The summed E-state index contributed by atoms with van der Waals surface area (Å²) in [4.78, 5) is 6.66. The van der Waals surface area contributed by atoms with Crippen LogP contribution in [0.5, 0.6) is 17.2 Å². The molecular weight excluding hydrogens is 335 g/mol. The molecular formula is C20H21FN2O3. The minimum Gasteiger partial charge on any atom is -0.496 e. The average molecular weight is 356 g/mol. The molecule has 5 nitrogen and oxygen atoms in total. The summed E-state index contributed by atoms with van der Waals surface area (Å²) in [6.45, 7) is 4.06. The van der Waals surface area contributed by atoms with E-state index in [1.165, 1.54) is 6.07 Å². The lowest BCUT2D eigenvalue weighted by Crippen LogP contribution is -2.61. The monoisotopic (exact) mass is 356 g/mol. The average Bonchev–Trinajstić information content (AvgIpc) is 2.79. The van der Waals surface area contributed by atoms with Gasteiger partial charge in [0.15, 0.2) is 11.5 Å². The lowest BCUT2D eigenvalue weighted by molar-refractivity contribution is 0.0817. The lowest BCUT2D eigenvalue weighted by Gasteiger charge is -2.44. The van der Waals surface area contributed by atoms with Crippen molar-refractivity contribution in [1.29, 1.82) is 0 Å². The molecule has 0 radical (unpaired) electrons. The summed E-state index contributed by atoms with van der Waals surface area (Å²) in [5, 5.41) is 0. The fourth-order valence-corrected chi connectivity index (χ4v) is 3.92. The quantitative estimate of drug-likeness (QED) is 0.814. The van der Waals surface area contributed by atoms with E-state index in [0.717, 1.165) is 11.3 Å². The van der Waals surface area contributed by atoms with E-state index in [1.807, 2.05) is 25.8 Å². The predicted octanol–water partition coefficient (Wildman–Crippen LogP) is 4.06. The first-order valence-corrected chi connectivity index (χ1v) is 8.38. The Morgan fingerprint density at radius 3 is 2.58 bits per heavy atom. The number of methoxy groups -OCH3 is 2. The van der Waals surface area contributed by atoms with Crippen LogP contribution in [0.1, 0.15) is 19.4 Å². The third-order valence-corrected chi connectivity index (χ3v) is 5.49. The van der Waals surface area contributed by atoms with Crippen molar-refractivity contribution in [2.75, 3.05) is 26.2 Å². The Bertz CT molecular complexity index is 926. The summed E-state index contributed by atoms with van der Waals surface area (Å²) in [6.07, 6.45) is 1.78. The van der Waals surface area contributed by atoms with Gasteiger partial charge < -0.3 is 19.1 Å². The second-order valence-corrected chi connectivity index (χ2v) is 7.08. The molecule has 0 aliphatic carbocycles. The van der Waals surface area contributed by atoms with E-state index in [9.17, 15) is 4.39 Å². The summed E-state index contributed by atoms with van der Waals surface area (Å²) < 4.78 is 31.2. The molecule has 136 valence electrons. The fraction of sp³-hybridized carbons (Fsp3) is 0.350. The van der Waals surface area contributed by atoms with E-state index in [-0.39, 0.29) is 5.82 Å². The number of anilines is 1. The molecule has 0 N–H and O–H groups in total. The number of ether oxygens (including phenoxy) is 3. The Hall–Kier alpha value is -2.76. The molecule has 2 aromatic carbocycles. The van der Waals surface area contributed by atoms with Crippen molar-refractivity contribution in [3.8, 4) is 17.2 Å². The number of rotatable bonds is 2. The molecule has 0 fully saturated rings. The van der Waals surface area contributed by atoms with Crippen LogP contribution >= 0.6 is 0 Å². The Morgan fingerprint density at radius 1 is 1.12 bits per heavy atom. The van der Waals surface area contributed by atoms with Crippen LogP contribution in [-0.4, -0.2) is 33.2 Å². The smallest absolute Gasteiger partial charge is 0.228 e. The molecule has 2 aliphatic rings. The highest BCUT2D eigenvalue weighted by Crippen LogP contribution is 2.55. The lowest BCUT2D eigenvalue weighted by atomic mass is 9.77. The molecule has 0 aromatic heterocycles. The van der Waals surface area contributed by atoms with Crippen LogP contribution < -0.4 is 19.1 Å². The highest BCUT2D eigenvalue weighted by molar-refractivity contribution is 5.89. The Labute approximate surface area is 152 Å². The van der Waals surface area contributed by atoms with Gasteiger partial charge in [0.1, 0.15) is 17.3 Å². The molecule has 26 heavy (non-hydrogen) atoms. The zero-order valence-electron chi connectivity index (χ0n) is 15.5. The standard InChI is InChI=1S/C20H21FN2O3/c1-19(2)14-8-12(21)6-7-15(14)23(3)20(19)11-22-18-16(25-5)9-13(24-4)10-17(18)26-20/h6-11H,1-5H3. The first-order chi connectivity index (χ1) is 12.3. The van der Waals surface area contributed by atoms with E-state index < -0.39 is 11.1 Å². The van der Waals surface area contributed by atoms with Gasteiger partial charge in [0.2, 0.25) is 5.72 Å². The van der Waals surface area contributed by atoms with Crippen molar-refractivity contribution >= 4 is 17.6 Å². The summed E-state index contributed by atoms with van der Waals surface area (Å²) in [7, 11) is 5.10. The van der Waals surface area contributed by atoms with E-state index in [2.05, 4.69) is 4.99 Å².